The summed E-state index contributed by atoms with van der Waals surface area (Å²) in [5.41, 5.74) is 2.16. The lowest BCUT2D eigenvalue weighted by atomic mass is 10.4. The van der Waals surface area contributed by atoms with Crippen LogP contribution in [0.3, 0.4) is 0 Å². The molecule has 0 bridgehead atoms. The number of carbonyl (C=O) groups is 1. The molecule has 1 N–H and O–H groups in total. The second kappa shape index (κ2) is 5.72. The second-order valence-corrected chi connectivity index (χ2v) is 1.22. The molecule has 0 saturated heterocycles. The molecule has 0 saturated carbocycles. The first-order valence-corrected chi connectivity index (χ1v) is 1.99. The summed E-state index contributed by atoms with van der Waals surface area (Å²) in [5.74, 6) is -0.0949. The van der Waals surface area contributed by atoms with Crippen molar-refractivity contribution in [2.24, 2.45) is 0 Å². The van der Waals surface area contributed by atoms with Crippen LogP contribution in [-0.4, -0.2) is 5.91 Å². The SMILES string of the molecule is Cl.Cl.O=C1CC=CON1. The topological polar surface area (TPSA) is 38.3 Å². The fourth-order valence-corrected chi connectivity index (χ4v) is 0.345. The van der Waals surface area contributed by atoms with Crippen molar-refractivity contribution in [1.82, 2.24) is 5.48 Å². The van der Waals surface area contributed by atoms with Crippen molar-refractivity contribution >= 4 is 30.7 Å². The maximum absolute atomic E-state index is 10.2. The summed E-state index contributed by atoms with van der Waals surface area (Å²) in [7, 11) is 0. The lowest BCUT2D eigenvalue weighted by Crippen LogP contribution is -2.22. The van der Waals surface area contributed by atoms with E-state index in [1.54, 1.807) is 6.08 Å². The summed E-state index contributed by atoms with van der Waals surface area (Å²) < 4.78 is 0. The molecule has 1 aliphatic rings. The molecule has 0 atom stereocenters. The van der Waals surface area contributed by atoms with E-state index in [1.807, 2.05) is 0 Å². The Bertz CT molecular complexity index is 115. The predicted molar refractivity (Wildman–Crippen MR) is 37.5 cm³/mol. The third kappa shape index (κ3) is 4.12. The van der Waals surface area contributed by atoms with Gasteiger partial charge in [-0.25, -0.2) is 0 Å². The number of amides is 1. The molecule has 0 aromatic carbocycles. The van der Waals surface area contributed by atoms with E-state index in [1.165, 1.54) is 6.26 Å². The first-order chi connectivity index (χ1) is 3.39. The predicted octanol–water partition coefficient (Wildman–Crippen LogP) is 0.795. The molecule has 0 aromatic heterocycles. The molecule has 0 spiro atoms. The minimum absolute atomic E-state index is 0. The molecule has 54 valence electrons. The number of carbonyl (C=O) groups excluding carboxylic acids is 1. The van der Waals surface area contributed by atoms with E-state index in [4.69, 9.17) is 0 Å². The fraction of sp³-hybridized carbons (Fsp3) is 0.250. The quantitative estimate of drug-likeness (QED) is 0.586. The molecule has 1 aliphatic heterocycles. The summed E-state index contributed by atoms with van der Waals surface area (Å²) in [5, 5.41) is 0. The largest absolute Gasteiger partial charge is 0.388 e. The highest BCUT2D eigenvalue weighted by atomic mass is 35.5. The molecule has 0 unspecified atom stereocenters. The summed E-state index contributed by atoms with van der Waals surface area (Å²) in [6.45, 7) is 0. The molecule has 1 rings (SSSR count). The molecule has 0 aliphatic carbocycles. The third-order valence-corrected chi connectivity index (χ3v) is 0.640. The highest BCUT2D eigenvalue weighted by Crippen LogP contribution is 1.88. The average Bonchev–Trinajstić information content (AvgIpc) is 1.69. The van der Waals surface area contributed by atoms with Gasteiger partial charge in [-0.05, 0) is 6.08 Å². The Morgan fingerprint density at radius 3 is 2.44 bits per heavy atom. The number of halogens is 2. The van der Waals surface area contributed by atoms with Gasteiger partial charge >= 0.3 is 0 Å². The lowest BCUT2D eigenvalue weighted by Gasteiger charge is -2.03. The summed E-state index contributed by atoms with van der Waals surface area (Å²) in [4.78, 5) is 14.6. The first-order valence-electron chi connectivity index (χ1n) is 1.99. The number of nitrogens with one attached hydrogen (secondary N) is 1. The van der Waals surface area contributed by atoms with E-state index >= 15 is 0 Å². The van der Waals surface area contributed by atoms with Gasteiger partial charge in [0, 0.05) is 0 Å². The van der Waals surface area contributed by atoms with Gasteiger partial charge in [0.15, 0.2) is 0 Å². The Kier molecular flexibility index (Phi) is 7.24. The van der Waals surface area contributed by atoms with Gasteiger partial charge in [0.25, 0.3) is 5.91 Å². The zero-order valence-corrected chi connectivity index (χ0v) is 6.13. The van der Waals surface area contributed by atoms with Crippen LogP contribution in [0.4, 0.5) is 0 Å². The minimum Gasteiger partial charge on any atom is -0.388 e. The van der Waals surface area contributed by atoms with Crippen LogP contribution in [0.1, 0.15) is 6.42 Å². The highest BCUT2D eigenvalue weighted by molar-refractivity contribution is 5.85. The van der Waals surface area contributed by atoms with E-state index in [9.17, 15) is 4.79 Å². The van der Waals surface area contributed by atoms with Crippen LogP contribution in [0.5, 0.6) is 0 Å². The normalized spacial score (nSPS) is 14.0. The van der Waals surface area contributed by atoms with Crippen LogP contribution in [-0.2, 0) is 9.63 Å². The van der Waals surface area contributed by atoms with Crippen molar-refractivity contribution in [1.29, 1.82) is 0 Å². The standard InChI is InChI=1S/C4H5NO2.2ClH/c6-4-2-1-3-7-5-4;;/h1,3H,2H2,(H,5,6);2*1H. The van der Waals surface area contributed by atoms with E-state index in [0.29, 0.717) is 6.42 Å². The molecule has 0 aromatic rings. The average molecular weight is 172 g/mol. The summed E-state index contributed by atoms with van der Waals surface area (Å²) in [6.07, 6.45) is 3.53. The maximum Gasteiger partial charge on any atom is 0.256 e. The van der Waals surface area contributed by atoms with E-state index in [2.05, 4.69) is 10.3 Å². The van der Waals surface area contributed by atoms with Gasteiger partial charge in [-0.2, -0.15) is 5.48 Å². The van der Waals surface area contributed by atoms with Crippen molar-refractivity contribution in [2.75, 3.05) is 0 Å². The Morgan fingerprint density at radius 1 is 1.56 bits per heavy atom. The first kappa shape index (κ1) is 11.4. The molecule has 3 nitrogen and oxygen atoms in total. The van der Waals surface area contributed by atoms with Crippen LogP contribution in [0.25, 0.3) is 0 Å². The molecule has 1 amide bonds. The molecule has 0 radical (unpaired) electrons. The molecule has 1 heterocycles. The Morgan fingerprint density at radius 2 is 2.22 bits per heavy atom. The van der Waals surface area contributed by atoms with Crippen molar-refractivity contribution in [3.63, 3.8) is 0 Å². The van der Waals surface area contributed by atoms with E-state index in [-0.39, 0.29) is 30.7 Å². The van der Waals surface area contributed by atoms with Gasteiger partial charge in [-0.3, -0.25) is 4.79 Å². The van der Waals surface area contributed by atoms with Gasteiger partial charge in [0.05, 0.1) is 6.42 Å². The number of hydrogen-bond acceptors (Lipinski definition) is 2. The monoisotopic (exact) mass is 171 g/mol. The van der Waals surface area contributed by atoms with Gasteiger partial charge in [0.1, 0.15) is 6.26 Å². The molecule has 0 fully saturated rings. The Hall–Kier alpha value is -0.410. The van der Waals surface area contributed by atoms with Crippen LogP contribution < -0.4 is 5.48 Å². The minimum atomic E-state index is -0.0949. The second-order valence-electron chi connectivity index (χ2n) is 1.22. The molecular weight excluding hydrogens is 165 g/mol. The van der Waals surface area contributed by atoms with E-state index in [0.717, 1.165) is 0 Å². The third-order valence-electron chi connectivity index (χ3n) is 0.640. The van der Waals surface area contributed by atoms with Gasteiger partial charge in [-0.1, -0.05) is 0 Å². The zero-order valence-electron chi connectivity index (χ0n) is 4.49. The van der Waals surface area contributed by atoms with E-state index < -0.39 is 0 Å². The van der Waals surface area contributed by atoms with Crippen LogP contribution in [0.15, 0.2) is 12.3 Å². The maximum atomic E-state index is 10.2. The Balaban J connectivity index is 0. The molecule has 9 heavy (non-hydrogen) atoms. The summed E-state index contributed by atoms with van der Waals surface area (Å²) in [6, 6.07) is 0. The number of hydrogen-bond donors (Lipinski definition) is 1. The van der Waals surface area contributed by atoms with Gasteiger partial charge in [0.2, 0.25) is 0 Å². The smallest absolute Gasteiger partial charge is 0.256 e. The highest BCUT2D eigenvalue weighted by Gasteiger charge is 1.98. The van der Waals surface area contributed by atoms with Crippen molar-refractivity contribution in [3.05, 3.63) is 12.3 Å². The van der Waals surface area contributed by atoms with Crippen molar-refractivity contribution in [3.8, 4) is 0 Å². The van der Waals surface area contributed by atoms with Crippen LogP contribution in [0.2, 0.25) is 0 Å². The zero-order chi connectivity index (χ0) is 5.11. The van der Waals surface area contributed by atoms with Gasteiger partial charge in [-0.15, -0.1) is 24.8 Å². The number of rotatable bonds is 0. The van der Waals surface area contributed by atoms with Crippen molar-refractivity contribution < 1.29 is 9.63 Å². The number of hydroxylamine groups is 1. The van der Waals surface area contributed by atoms with Gasteiger partial charge < -0.3 is 4.84 Å². The molecule has 5 heteroatoms. The summed E-state index contributed by atoms with van der Waals surface area (Å²) >= 11 is 0. The molecular formula is C4H7Cl2NO2. The van der Waals surface area contributed by atoms with Crippen LogP contribution >= 0.6 is 24.8 Å². The van der Waals surface area contributed by atoms with Crippen molar-refractivity contribution in [2.45, 2.75) is 6.42 Å². The van der Waals surface area contributed by atoms with Crippen LogP contribution in [0, 0.1) is 0 Å². The fourth-order valence-electron chi connectivity index (χ4n) is 0.345. The Labute approximate surface area is 65.2 Å². The lowest BCUT2D eigenvalue weighted by molar-refractivity contribution is -0.130.